The lowest BCUT2D eigenvalue weighted by Crippen LogP contribution is -2.09. The fraction of sp³-hybridized carbons (Fsp3) is 0.231. The Hall–Kier alpha value is -2.90. The molecule has 0 atom stereocenters. The quantitative estimate of drug-likeness (QED) is 0.645. The molecule has 1 aromatic heterocycles. The van der Waals surface area contributed by atoms with Gasteiger partial charge in [0.05, 0.1) is 17.3 Å². The molecule has 0 saturated carbocycles. The van der Waals surface area contributed by atoms with Crippen LogP contribution in [0.25, 0.3) is 0 Å². The predicted octanol–water partition coefficient (Wildman–Crippen LogP) is 2.09. The molecule has 1 heterocycles. The molecule has 0 spiro atoms. The molecular formula is C13H13N3O5. The zero-order valence-electron chi connectivity index (χ0n) is 11.2. The third-order valence-electron chi connectivity index (χ3n) is 2.87. The maximum atomic E-state index is 11.2. The Morgan fingerprint density at radius 1 is 1.52 bits per heavy atom. The number of benzene rings is 1. The van der Waals surface area contributed by atoms with Gasteiger partial charge in [-0.3, -0.25) is 14.8 Å². The fourth-order valence-corrected chi connectivity index (χ4v) is 1.86. The predicted molar refractivity (Wildman–Crippen MR) is 72.3 cm³/mol. The number of nitro benzene ring substituents is 1. The minimum absolute atomic E-state index is 0.0846. The first kappa shape index (κ1) is 14.5. The molecule has 1 aromatic carbocycles. The summed E-state index contributed by atoms with van der Waals surface area (Å²) in [5, 5.41) is 24.1. The van der Waals surface area contributed by atoms with Crippen LogP contribution in [0, 0.1) is 10.1 Å². The summed E-state index contributed by atoms with van der Waals surface area (Å²) in [6.07, 6.45) is 3.17. The van der Waals surface area contributed by atoms with Crippen LogP contribution < -0.4 is 4.74 Å². The van der Waals surface area contributed by atoms with E-state index in [0.29, 0.717) is 12.3 Å². The van der Waals surface area contributed by atoms with E-state index in [0.717, 1.165) is 6.07 Å². The third-order valence-corrected chi connectivity index (χ3v) is 2.87. The molecule has 0 saturated heterocycles. The second-order valence-electron chi connectivity index (χ2n) is 4.19. The van der Waals surface area contributed by atoms with Crippen LogP contribution in [0.15, 0.2) is 30.6 Å². The van der Waals surface area contributed by atoms with Crippen LogP contribution in [0.4, 0.5) is 5.69 Å². The van der Waals surface area contributed by atoms with E-state index in [9.17, 15) is 14.9 Å². The van der Waals surface area contributed by atoms with Crippen LogP contribution in [0.1, 0.15) is 22.8 Å². The molecule has 0 unspecified atom stereocenters. The lowest BCUT2D eigenvalue weighted by molar-refractivity contribution is -0.385. The summed E-state index contributed by atoms with van der Waals surface area (Å²) in [5.74, 6) is -0.884. The number of carboxylic acids is 1. The molecular weight excluding hydrogens is 278 g/mol. The Morgan fingerprint density at radius 3 is 2.86 bits per heavy atom. The van der Waals surface area contributed by atoms with Gasteiger partial charge in [0.1, 0.15) is 12.2 Å². The molecule has 0 fully saturated rings. The summed E-state index contributed by atoms with van der Waals surface area (Å²) in [4.78, 5) is 21.4. The van der Waals surface area contributed by atoms with E-state index in [1.54, 1.807) is 10.9 Å². The topological polar surface area (TPSA) is 107 Å². The highest BCUT2D eigenvalue weighted by molar-refractivity contribution is 5.94. The first-order valence-electron chi connectivity index (χ1n) is 6.17. The molecule has 8 heteroatoms. The van der Waals surface area contributed by atoms with E-state index >= 15 is 0 Å². The SMILES string of the molecule is CCn1cc(OCc2cccc([N+](=O)[O-])c2C(=O)O)cn1. The van der Waals surface area contributed by atoms with Gasteiger partial charge < -0.3 is 9.84 Å². The maximum absolute atomic E-state index is 11.2. The van der Waals surface area contributed by atoms with Gasteiger partial charge in [0.25, 0.3) is 5.69 Å². The average Bonchev–Trinajstić information content (AvgIpc) is 2.92. The van der Waals surface area contributed by atoms with Crippen molar-refractivity contribution >= 4 is 11.7 Å². The van der Waals surface area contributed by atoms with Crippen LogP contribution in [-0.2, 0) is 13.2 Å². The second kappa shape index (κ2) is 6.04. The van der Waals surface area contributed by atoms with Crippen molar-refractivity contribution < 1.29 is 19.6 Å². The van der Waals surface area contributed by atoms with Gasteiger partial charge in [-0.05, 0) is 6.92 Å². The molecule has 2 rings (SSSR count). The number of carboxylic acid groups (broad SMARTS) is 1. The molecule has 0 aliphatic heterocycles. The van der Waals surface area contributed by atoms with E-state index < -0.39 is 16.6 Å². The number of hydrogen-bond donors (Lipinski definition) is 1. The summed E-state index contributed by atoms with van der Waals surface area (Å²) < 4.78 is 7.08. The van der Waals surface area contributed by atoms with E-state index in [4.69, 9.17) is 9.84 Å². The van der Waals surface area contributed by atoms with Gasteiger partial charge in [0.15, 0.2) is 5.75 Å². The first-order valence-corrected chi connectivity index (χ1v) is 6.17. The van der Waals surface area contributed by atoms with Crippen LogP contribution in [0.3, 0.4) is 0 Å². The summed E-state index contributed by atoms with van der Waals surface area (Å²) in [6.45, 7) is 2.51. The lowest BCUT2D eigenvalue weighted by atomic mass is 10.1. The highest BCUT2D eigenvalue weighted by atomic mass is 16.6. The number of ether oxygens (including phenoxy) is 1. The van der Waals surface area contributed by atoms with Crippen molar-refractivity contribution in [1.82, 2.24) is 9.78 Å². The number of hydrogen-bond acceptors (Lipinski definition) is 5. The number of nitrogens with zero attached hydrogens (tertiary/aromatic N) is 3. The lowest BCUT2D eigenvalue weighted by Gasteiger charge is -2.07. The molecule has 0 radical (unpaired) electrons. The van der Waals surface area contributed by atoms with Gasteiger partial charge >= 0.3 is 5.97 Å². The zero-order valence-corrected chi connectivity index (χ0v) is 11.2. The number of aryl methyl sites for hydroxylation is 1. The smallest absolute Gasteiger partial charge is 0.343 e. The standard InChI is InChI=1S/C13H13N3O5/c1-2-15-7-10(6-14-15)21-8-9-4-3-5-11(16(19)20)12(9)13(17)18/h3-7H,2,8H2,1H3,(H,17,18). The Bertz CT molecular complexity index is 680. The van der Waals surface area contributed by atoms with Gasteiger partial charge in [-0.15, -0.1) is 0 Å². The number of aromatic carboxylic acids is 1. The zero-order chi connectivity index (χ0) is 15.4. The van der Waals surface area contributed by atoms with Gasteiger partial charge in [-0.1, -0.05) is 12.1 Å². The molecule has 0 aliphatic rings. The highest BCUT2D eigenvalue weighted by Crippen LogP contribution is 2.23. The molecule has 0 aliphatic carbocycles. The monoisotopic (exact) mass is 291 g/mol. The summed E-state index contributed by atoms with van der Waals surface area (Å²) in [7, 11) is 0. The van der Waals surface area contributed by atoms with Crippen LogP contribution in [0.5, 0.6) is 5.75 Å². The van der Waals surface area contributed by atoms with Crippen LogP contribution in [-0.4, -0.2) is 25.8 Å². The van der Waals surface area contributed by atoms with Gasteiger partial charge in [0.2, 0.25) is 0 Å². The Balaban J connectivity index is 2.25. The summed E-state index contributed by atoms with van der Waals surface area (Å²) >= 11 is 0. The Morgan fingerprint density at radius 2 is 2.29 bits per heavy atom. The summed E-state index contributed by atoms with van der Waals surface area (Å²) in [5.41, 5.74) is -0.570. The molecule has 1 N–H and O–H groups in total. The minimum atomic E-state index is -1.36. The molecule has 2 aromatic rings. The minimum Gasteiger partial charge on any atom is -0.486 e. The molecule has 110 valence electrons. The average molecular weight is 291 g/mol. The Labute approximate surface area is 119 Å². The van der Waals surface area contributed by atoms with E-state index in [2.05, 4.69) is 5.10 Å². The molecule has 0 amide bonds. The van der Waals surface area contributed by atoms with Crippen molar-refractivity contribution in [3.63, 3.8) is 0 Å². The van der Waals surface area contributed by atoms with Crippen molar-refractivity contribution in [2.45, 2.75) is 20.1 Å². The fourth-order valence-electron chi connectivity index (χ4n) is 1.86. The van der Waals surface area contributed by atoms with E-state index in [1.807, 2.05) is 6.92 Å². The largest absolute Gasteiger partial charge is 0.486 e. The van der Waals surface area contributed by atoms with Crippen LogP contribution in [0.2, 0.25) is 0 Å². The van der Waals surface area contributed by atoms with Crippen LogP contribution >= 0.6 is 0 Å². The highest BCUT2D eigenvalue weighted by Gasteiger charge is 2.23. The number of nitro groups is 1. The van der Waals surface area contributed by atoms with Gasteiger partial charge in [-0.2, -0.15) is 5.10 Å². The maximum Gasteiger partial charge on any atom is 0.343 e. The number of aromatic nitrogens is 2. The number of rotatable bonds is 6. The number of carbonyl (C=O) groups is 1. The van der Waals surface area contributed by atoms with E-state index in [1.165, 1.54) is 18.3 Å². The van der Waals surface area contributed by atoms with Crippen molar-refractivity contribution in [2.75, 3.05) is 0 Å². The van der Waals surface area contributed by atoms with Crippen molar-refractivity contribution in [3.8, 4) is 5.75 Å². The first-order chi connectivity index (χ1) is 10.0. The second-order valence-corrected chi connectivity index (χ2v) is 4.19. The van der Waals surface area contributed by atoms with E-state index in [-0.39, 0.29) is 17.7 Å². The van der Waals surface area contributed by atoms with Crippen molar-refractivity contribution in [2.24, 2.45) is 0 Å². The van der Waals surface area contributed by atoms with Crippen molar-refractivity contribution in [3.05, 3.63) is 51.8 Å². The van der Waals surface area contributed by atoms with Crippen molar-refractivity contribution in [1.29, 1.82) is 0 Å². The van der Waals surface area contributed by atoms with Gasteiger partial charge in [-0.25, -0.2) is 4.79 Å². The Kier molecular flexibility index (Phi) is 4.17. The molecule has 21 heavy (non-hydrogen) atoms. The summed E-state index contributed by atoms with van der Waals surface area (Å²) in [6, 6.07) is 4.07. The third kappa shape index (κ3) is 3.16. The normalized spacial score (nSPS) is 10.3. The molecule has 8 nitrogen and oxygen atoms in total. The van der Waals surface area contributed by atoms with Gasteiger partial charge in [0, 0.05) is 18.2 Å². The molecule has 0 bridgehead atoms.